The first-order chi connectivity index (χ1) is 8.66. The maximum atomic E-state index is 12.9. The molecule has 1 aromatic carbocycles. The van der Waals surface area contributed by atoms with Gasteiger partial charge in [0.1, 0.15) is 5.54 Å². The summed E-state index contributed by atoms with van der Waals surface area (Å²) in [5.41, 5.74) is -3.04. The molecule has 104 valence electrons. The van der Waals surface area contributed by atoms with Gasteiger partial charge in [0.05, 0.1) is 0 Å². The maximum absolute atomic E-state index is 12.9. The number of halogens is 6. The topological polar surface area (TPSA) is 29.1 Å². The highest BCUT2D eigenvalue weighted by atomic mass is 19.4. The Hall–Kier alpha value is -1.73. The van der Waals surface area contributed by atoms with Crippen LogP contribution in [0.3, 0.4) is 0 Å². The van der Waals surface area contributed by atoms with Crippen molar-refractivity contribution in [3.63, 3.8) is 0 Å². The first-order valence-corrected chi connectivity index (χ1v) is 5.20. The van der Waals surface area contributed by atoms with Crippen LogP contribution in [0, 0.1) is 17.5 Å². The monoisotopic (exact) mass is 283 g/mol. The Labute approximate surface area is 103 Å². The summed E-state index contributed by atoms with van der Waals surface area (Å²) in [5, 5.41) is 1.68. The van der Waals surface area contributed by atoms with Gasteiger partial charge >= 0.3 is 6.18 Å². The molecule has 2 rings (SSSR count). The maximum Gasteiger partial charge on any atom is 0.411 e. The lowest BCUT2D eigenvalue weighted by atomic mass is 10.1. The summed E-state index contributed by atoms with van der Waals surface area (Å²) in [6.45, 7) is 0. The molecule has 0 spiro atoms. The summed E-state index contributed by atoms with van der Waals surface area (Å²) in [4.78, 5) is 11.5. The lowest BCUT2D eigenvalue weighted by molar-refractivity contribution is -0.163. The quantitative estimate of drug-likeness (QED) is 0.656. The van der Waals surface area contributed by atoms with Gasteiger partial charge in [-0.1, -0.05) is 0 Å². The second-order valence-electron chi connectivity index (χ2n) is 4.29. The number of carbonyl (C=O) groups excluding carboxylic acids is 1. The molecule has 1 fully saturated rings. The van der Waals surface area contributed by atoms with Crippen LogP contribution in [0.15, 0.2) is 12.1 Å². The highest BCUT2D eigenvalue weighted by Gasteiger charge is 2.64. The zero-order chi connectivity index (χ0) is 14.4. The molecular formula is C11H7F6NO. The second kappa shape index (κ2) is 4.14. The van der Waals surface area contributed by atoms with Crippen molar-refractivity contribution in [2.24, 2.45) is 0 Å². The molecule has 1 saturated carbocycles. The summed E-state index contributed by atoms with van der Waals surface area (Å²) in [6, 6.07) is 0.695. The van der Waals surface area contributed by atoms with E-state index in [2.05, 4.69) is 0 Å². The molecule has 1 aliphatic carbocycles. The second-order valence-corrected chi connectivity index (χ2v) is 4.29. The Bertz CT molecular complexity index is 511. The van der Waals surface area contributed by atoms with E-state index in [-0.39, 0.29) is 12.8 Å². The van der Waals surface area contributed by atoms with Crippen LogP contribution < -0.4 is 5.32 Å². The van der Waals surface area contributed by atoms with E-state index in [9.17, 15) is 31.1 Å². The van der Waals surface area contributed by atoms with E-state index in [1.54, 1.807) is 5.32 Å². The highest BCUT2D eigenvalue weighted by Crippen LogP contribution is 2.49. The predicted molar refractivity (Wildman–Crippen MR) is 51.8 cm³/mol. The third kappa shape index (κ3) is 2.39. The lowest BCUT2D eigenvalue weighted by Gasteiger charge is -2.20. The first-order valence-electron chi connectivity index (χ1n) is 5.20. The van der Waals surface area contributed by atoms with Gasteiger partial charge < -0.3 is 5.32 Å². The number of amides is 1. The molecule has 1 aliphatic rings. The predicted octanol–water partition coefficient (Wildman–Crippen LogP) is 2.93. The Morgan fingerprint density at radius 1 is 1.11 bits per heavy atom. The number of nitrogens with one attached hydrogen (secondary N) is 1. The number of hydrogen-bond donors (Lipinski definition) is 1. The molecule has 8 heteroatoms. The summed E-state index contributed by atoms with van der Waals surface area (Å²) >= 11 is 0. The van der Waals surface area contributed by atoms with Gasteiger partial charge in [0, 0.05) is 5.56 Å². The van der Waals surface area contributed by atoms with Crippen molar-refractivity contribution < 1.29 is 31.1 Å². The average molecular weight is 283 g/mol. The summed E-state index contributed by atoms with van der Waals surface area (Å²) in [6.07, 6.45) is -5.23. The molecule has 1 amide bonds. The minimum Gasteiger partial charge on any atom is -0.338 e. The molecule has 0 aliphatic heterocycles. The molecule has 0 aromatic heterocycles. The van der Waals surface area contributed by atoms with Gasteiger partial charge in [-0.2, -0.15) is 13.2 Å². The number of carbonyl (C=O) groups is 1. The van der Waals surface area contributed by atoms with Gasteiger partial charge in [-0.05, 0) is 25.0 Å². The van der Waals surface area contributed by atoms with E-state index in [4.69, 9.17) is 0 Å². The fourth-order valence-corrected chi connectivity index (χ4v) is 1.58. The third-order valence-corrected chi connectivity index (χ3v) is 2.89. The number of benzene rings is 1. The van der Waals surface area contributed by atoms with E-state index in [0.29, 0.717) is 12.1 Å². The van der Waals surface area contributed by atoms with Crippen LogP contribution in [-0.4, -0.2) is 17.6 Å². The zero-order valence-electron chi connectivity index (χ0n) is 9.24. The lowest BCUT2D eigenvalue weighted by Crippen LogP contribution is -2.47. The molecule has 2 nitrogen and oxygen atoms in total. The summed E-state index contributed by atoms with van der Waals surface area (Å²) in [5.74, 6) is -6.36. The number of hydrogen-bond acceptors (Lipinski definition) is 1. The molecule has 0 unspecified atom stereocenters. The molecule has 0 heterocycles. The van der Waals surface area contributed by atoms with Crippen molar-refractivity contribution in [3.05, 3.63) is 35.1 Å². The van der Waals surface area contributed by atoms with Gasteiger partial charge in [-0.3, -0.25) is 4.79 Å². The van der Waals surface area contributed by atoms with Gasteiger partial charge in [0.15, 0.2) is 17.5 Å². The minimum atomic E-state index is -4.64. The van der Waals surface area contributed by atoms with Crippen LogP contribution in [0.4, 0.5) is 26.3 Å². The van der Waals surface area contributed by atoms with Crippen LogP contribution in [0.1, 0.15) is 23.2 Å². The Kier molecular flexibility index (Phi) is 2.98. The first kappa shape index (κ1) is 13.7. The average Bonchev–Trinajstić information content (AvgIpc) is 3.05. The van der Waals surface area contributed by atoms with Crippen molar-refractivity contribution in [3.8, 4) is 0 Å². The van der Waals surface area contributed by atoms with E-state index < -0.39 is 40.6 Å². The van der Waals surface area contributed by atoms with Crippen molar-refractivity contribution >= 4 is 5.91 Å². The Balaban J connectivity index is 2.22. The zero-order valence-corrected chi connectivity index (χ0v) is 9.24. The molecule has 1 aromatic rings. The standard InChI is InChI=1S/C11H7F6NO/c12-6-3-5(4-7(13)8(6)14)9(19)18-10(1-2-10)11(15,16)17/h3-4H,1-2H2,(H,18,19). The third-order valence-electron chi connectivity index (χ3n) is 2.89. The number of rotatable bonds is 2. The van der Waals surface area contributed by atoms with Crippen LogP contribution >= 0.6 is 0 Å². The van der Waals surface area contributed by atoms with E-state index >= 15 is 0 Å². The Morgan fingerprint density at radius 2 is 1.58 bits per heavy atom. The number of alkyl halides is 3. The van der Waals surface area contributed by atoms with Crippen LogP contribution in [0.2, 0.25) is 0 Å². The molecule has 0 saturated heterocycles. The van der Waals surface area contributed by atoms with Gasteiger partial charge in [-0.15, -0.1) is 0 Å². The fourth-order valence-electron chi connectivity index (χ4n) is 1.58. The van der Waals surface area contributed by atoms with Gasteiger partial charge in [-0.25, -0.2) is 13.2 Å². The molecule has 19 heavy (non-hydrogen) atoms. The molecule has 1 N–H and O–H groups in total. The highest BCUT2D eigenvalue weighted by molar-refractivity contribution is 5.95. The molecule has 0 atom stereocenters. The van der Waals surface area contributed by atoms with Crippen LogP contribution in [-0.2, 0) is 0 Å². The van der Waals surface area contributed by atoms with Crippen molar-refractivity contribution in [2.45, 2.75) is 24.6 Å². The van der Waals surface area contributed by atoms with Gasteiger partial charge in [0.2, 0.25) is 0 Å². The van der Waals surface area contributed by atoms with E-state index in [1.807, 2.05) is 0 Å². The summed E-state index contributed by atoms with van der Waals surface area (Å²) in [7, 11) is 0. The largest absolute Gasteiger partial charge is 0.411 e. The van der Waals surface area contributed by atoms with Crippen LogP contribution in [0.25, 0.3) is 0 Å². The minimum absolute atomic E-state index is 0.297. The van der Waals surface area contributed by atoms with Crippen LogP contribution in [0.5, 0.6) is 0 Å². The molecule has 0 radical (unpaired) electrons. The summed E-state index contributed by atoms with van der Waals surface area (Å²) < 4.78 is 76.1. The SMILES string of the molecule is O=C(NC1(C(F)(F)F)CC1)c1cc(F)c(F)c(F)c1. The smallest absolute Gasteiger partial charge is 0.338 e. The van der Waals surface area contributed by atoms with Gasteiger partial charge in [0.25, 0.3) is 5.91 Å². The normalized spacial score (nSPS) is 17.2. The molecular weight excluding hydrogens is 276 g/mol. The molecule has 0 bridgehead atoms. The van der Waals surface area contributed by atoms with E-state index in [1.165, 1.54) is 0 Å². The van der Waals surface area contributed by atoms with Crippen molar-refractivity contribution in [2.75, 3.05) is 0 Å². The van der Waals surface area contributed by atoms with Crippen molar-refractivity contribution in [1.82, 2.24) is 5.32 Å². The fraction of sp³-hybridized carbons (Fsp3) is 0.364. The van der Waals surface area contributed by atoms with Crippen molar-refractivity contribution in [1.29, 1.82) is 0 Å². The Morgan fingerprint density at radius 3 is 1.95 bits per heavy atom. The van der Waals surface area contributed by atoms with E-state index in [0.717, 1.165) is 0 Å².